The first-order chi connectivity index (χ1) is 7.26. The SMILES string of the molecule is C/C=C(/CO)CCCc1ccc(Cl)cc1. The first-order valence-electron chi connectivity index (χ1n) is 5.25. The molecule has 0 aliphatic rings. The van der Waals surface area contributed by atoms with Crippen molar-refractivity contribution in [3.8, 4) is 0 Å². The average molecular weight is 225 g/mol. The summed E-state index contributed by atoms with van der Waals surface area (Å²) in [7, 11) is 0. The second kappa shape index (κ2) is 6.65. The number of aryl methyl sites for hydroxylation is 1. The third-order valence-corrected chi connectivity index (χ3v) is 2.74. The average Bonchev–Trinajstić information content (AvgIpc) is 2.27. The van der Waals surface area contributed by atoms with Crippen molar-refractivity contribution in [2.24, 2.45) is 0 Å². The van der Waals surface area contributed by atoms with E-state index in [1.54, 1.807) is 0 Å². The van der Waals surface area contributed by atoms with Gasteiger partial charge in [-0.05, 0) is 49.5 Å². The van der Waals surface area contributed by atoms with Crippen molar-refractivity contribution in [2.75, 3.05) is 6.61 Å². The molecule has 0 bridgehead atoms. The molecule has 82 valence electrons. The van der Waals surface area contributed by atoms with Crippen LogP contribution in [0.5, 0.6) is 0 Å². The summed E-state index contributed by atoms with van der Waals surface area (Å²) in [4.78, 5) is 0. The van der Waals surface area contributed by atoms with Crippen LogP contribution in [0, 0.1) is 0 Å². The number of benzene rings is 1. The fraction of sp³-hybridized carbons (Fsp3) is 0.385. The predicted molar refractivity (Wildman–Crippen MR) is 65.2 cm³/mol. The first-order valence-corrected chi connectivity index (χ1v) is 5.63. The van der Waals surface area contributed by atoms with Gasteiger partial charge >= 0.3 is 0 Å². The van der Waals surface area contributed by atoms with E-state index in [0.29, 0.717) is 0 Å². The number of aliphatic hydroxyl groups excluding tert-OH is 1. The number of hydrogen-bond acceptors (Lipinski definition) is 1. The standard InChI is InChI=1S/C13H17ClO/c1-2-11(10-15)4-3-5-12-6-8-13(14)9-7-12/h2,6-9,15H,3-5,10H2,1H3/b11-2+. The molecule has 1 aromatic rings. The molecule has 0 heterocycles. The normalized spacial score (nSPS) is 11.8. The minimum atomic E-state index is 0.178. The van der Waals surface area contributed by atoms with E-state index in [-0.39, 0.29) is 6.61 Å². The third kappa shape index (κ3) is 4.50. The lowest BCUT2D eigenvalue weighted by Gasteiger charge is -2.03. The van der Waals surface area contributed by atoms with Crippen LogP contribution >= 0.6 is 11.6 Å². The Kier molecular flexibility index (Phi) is 5.44. The predicted octanol–water partition coefficient (Wildman–Crippen LogP) is 3.60. The van der Waals surface area contributed by atoms with Gasteiger partial charge in [0, 0.05) is 5.02 Å². The summed E-state index contributed by atoms with van der Waals surface area (Å²) in [5, 5.41) is 9.75. The highest BCUT2D eigenvalue weighted by atomic mass is 35.5. The van der Waals surface area contributed by atoms with Crippen LogP contribution in [0.15, 0.2) is 35.9 Å². The molecule has 0 atom stereocenters. The zero-order valence-electron chi connectivity index (χ0n) is 9.04. The zero-order chi connectivity index (χ0) is 11.1. The van der Waals surface area contributed by atoms with Crippen LogP contribution in [0.2, 0.25) is 5.02 Å². The van der Waals surface area contributed by atoms with Crippen molar-refractivity contribution < 1.29 is 5.11 Å². The molecule has 1 nitrogen and oxygen atoms in total. The molecule has 0 amide bonds. The van der Waals surface area contributed by atoms with Crippen LogP contribution in [0.1, 0.15) is 25.3 Å². The van der Waals surface area contributed by atoms with E-state index in [2.05, 4.69) is 12.1 Å². The maximum atomic E-state index is 8.97. The van der Waals surface area contributed by atoms with Gasteiger partial charge in [0.25, 0.3) is 0 Å². The lowest BCUT2D eigenvalue weighted by Crippen LogP contribution is -1.92. The van der Waals surface area contributed by atoms with Gasteiger partial charge in [-0.1, -0.05) is 29.8 Å². The Labute approximate surface area is 96.4 Å². The monoisotopic (exact) mass is 224 g/mol. The van der Waals surface area contributed by atoms with Crippen molar-refractivity contribution in [3.63, 3.8) is 0 Å². The van der Waals surface area contributed by atoms with Crippen molar-refractivity contribution in [1.82, 2.24) is 0 Å². The molecule has 2 heteroatoms. The fourth-order valence-electron chi connectivity index (χ4n) is 1.49. The van der Waals surface area contributed by atoms with E-state index in [1.807, 2.05) is 25.1 Å². The number of halogens is 1. The van der Waals surface area contributed by atoms with Gasteiger partial charge in [0.05, 0.1) is 6.61 Å². The molecular formula is C13H17ClO. The van der Waals surface area contributed by atoms with Gasteiger partial charge in [-0.3, -0.25) is 0 Å². The molecule has 0 aliphatic heterocycles. The van der Waals surface area contributed by atoms with E-state index in [0.717, 1.165) is 29.9 Å². The lowest BCUT2D eigenvalue weighted by molar-refractivity contribution is 0.325. The maximum absolute atomic E-state index is 8.97. The molecule has 0 unspecified atom stereocenters. The molecule has 1 N–H and O–H groups in total. The highest BCUT2D eigenvalue weighted by Gasteiger charge is 1.96. The Morgan fingerprint density at radius 3 is 2.53 bits per heavy atom. The third-order valence-electron chi connectivity index (χ3n) is 2.49. The zero-order valence-corrected chi connectivity index (χ0v) is 9.80. The molecule has 0 saturated carbocycles. The molecule has 0 spiro atoms. The fourth-order valence-corrected chi connectivity index (χ4v) is 1.61. The maximum Gasteiger partial charge on any atom is 0.0641 e. The van der Waals surface area contributed by atoms with Crippen LogP contribution in [-0.4, -0.2) is 11.7 Å². The van der Waals surface area contributed by atoms with Gasteiger partial charge in [-0.15, -0.1) is 0 Å². The Hall–Kier alpha value is -0.790. The molecule has 15 heavy (non-hydrogen) atoms. The largest absolute Gasteiger partial charge is 0.392 e. The summed E-state index contributed by atoms with van der Waals surface area (Å²) in [6.07, 6.45) is 5.06. The minimum Gasteiger partial charge on any atom is -0.392 e. The van der Waals surface area contributed by atoms with Gasteiger partial charge in [0.2, 0.25) is 0 Å². The molecular weight excluding hydrogens is 208 g/mol. The molecule has 1 aromatic carbocycles. The Balaban J connectivity index is 2.35. The van der Waals surface area contributed by atoms with E-state index < -0.39 is 0 Å². The van der Waals surface area contributed by atoms with E-state index in [4.69, 9.17) is 16.7 Å². The number of allylic oxidation sites excluding steroid dienone is 1. The second-order valence-corrected chi connectivity index (χ2v) is 4.02. The molecule has 0 aliphatic carbocycles. The molecule has 0 fully saturated rings. The van der Waals surface area contributed by atoms with Gasteiger partial charge in [-0.25, -0.2) is 0 Å². The highest BCUT2D eigenvalue weighted by Crippen LogP contribution is 2.13. The summed E-state index contributed by atoms with van der Waals surface area (Å²) in [5.74, 6) is 0. The van der Waals surface area contributed by atoms with Gasteiger partial charge in [0.15, 0.2) is 0 Å². The van der Waals surface area contributed by atoms with Gasteiger partial charge < -0.3 is 5.11 Å². The van der Waals surface area contributed by atoms with Gasteiger partial charge in [-0.2, -0.15) is 0 Å². The first kappa shape index (κ1) is 12.3. The molecule has 0 radical (unpaired) electrons. The van der Waals surface area contributed by atoms with Crippen LogP contribution in [-0.2, 0) is 6.42 Å². The topological polar surface area (TPSA) is 20.2 Å². The van der Waals surface area contributed by atoms with E-state index in [1.165, 1.54) is 5.56 Å². The molecule has 0 aromatic heterocycles. The van der Waals surface area contributed by atoms with Crippen molar-refractivity contribution in [3.05, 3.63) is 46.5 Å². The van der Waals surface area contributed by atoms with Crippen LogP contribution in [0.25, 0.3) is 0 Å². The summed E-state index contributed by atoms with van der Waals surface area (Å²) in [6, 6.07) is 7.94. The quantitative estimate of drug-likeness (QED) is 0.758. The van der Waals surface area contributed by atoms with E-state index in [9.17, 15) is 0 Å². The lowest BCUT2D eigenvalue weighted by atomic mass is 10.0. The second-order valence-electron chi connectivity index (χ2n) is 3.59. The Bertz CT molecular complexity index is 314. The van der Waals surface area contributed by atoms with Crippen molar-refractivity contribution in [1.29, 1.82) is 0 Å². The number of rotatable bonds is 5. The minimum absolute atomic E-state index is 0.178. The van der Waals surface area contributed by atoms with Crippen molar-refractivity contribution in [2.45, 2.75) is 26.2 Å². The van der Waals surface area contributed by atoms with E-state index >= 15 is 0 Å². The summed E-state index contributed by atoms with van der Waals surface area (Å²) in [5.41, 5.74) is 2.41. The summed E-state index contributed by atoms with van der Waals surface area (Å²) < 4.78 is 0. The smallest absolute Gasteiger partial charge is 0.0641 e. The number of aliphatic hydroxyl groups is 1. The molecule has 0 saturated heterocycles. The summed E-state index contributed by atoms with van der Waals surface area (Å²) >= 11 is 5.80. The van der Waals surface area contributed by atoms with Crippen LogP contribution in [0.4, 0.5) is 0 Å². The Morgan fingerprint density at radius 2 is 2.00 bits per heavy atom. The Morgan fingerprint density at radius 1 is 1.33 bits per heavy atom. The van der Waals surface area contributed by atoms with Crippen LogP contribution < -0.4 is 0 Å². The highest BCUT2D eigenvalue weighted by molar-refractivity contribution is 6.30. The van der Waals surface area contributed by atoms with Crippen molar-refractivity contribution >= 4 is 11.6 Å². The summed E-state index contributed by atoms with van der Waals surface area (Å²) in [6.45, 7) is 2.14. The van der Waals surface area contributed by atoms with Crippen LogP contribution in [0.3, 0.4) is 0 Å². The number of hydrogen-bond donors (Lipinski definition) is 1. The van der Waals surface area contributed by atoms with Gasteiger partial charge in [0.1, 0.15) is 0 Å². The molecule has 1 rings (SSSR count).